The Morgan fingerprint density at radius 1 is 1.47 bits per heavy atom. The van der Waals surface area contributed by atoms with E-state index in [0.29, 0.717) is 18.6 Å². The number of nitrogens with one attached hydrogen (secondary N) is 1. The number of aliphatic hydroxyl groups is 1. The fourth-order valence-corrected chi connectivity index (χ4v) is 1.39. The normalized spacial score (nSPS) is 12.0. The molecule has 1 atom stereocenters. The Kier molecular flexibility index (Phi) is 4.87. The fourth-order valence-electron chi connectivity index (χ4n) is 1.39. The molecule has 104 valence electrons. The van der Waals surface area contributed by atoms with Crippen molar-refractivity contribution < 1.29 is 23.6 Å². The van der Waals surface area contributed by atoms with Crippen molar-refractivity contribution in [2.75, 3.05) is 6.61 Å². The average Bonchev–Trinajstić information content (AvgIpc) is 2.37. The number of halogens is 2. The molecule has 0 aromatic heterocycles. The molecule has 8 heteroatoms. The number of benzene rings is 1. The van der Waals surface area contributed by atoms with Crippen LogP contribution < -0.4 is 5.32 Å². The van der Waals surface area contributed by atoms with Crippen LogP contribution in [0, 0.1) is 21.7 Å². The van der Waals surface area contributed by atoms with Gasteiger partial charge in [0.1, 0.15) is 5.82 Å². The molecule has 1 amide bonds. The summed E-state index contributed by atoms with van der Waals surface area (Å²) in [5.74, 6) is -3.43. The van der Waals surface area contributed by atoms with E-state index in [1.807, 2.05) is 0 Å². The van der Waals surface area contributed by atoms with Crippen molar-refractivity contribution >= 4 is 11.6 Å². The Morgan fingerprint density at radius 3 is 2.58 bits per heavy atom. The molecule has 6 nitrogen and oxygen atoms in total. The highest BCUT2D eigenvalue weighted by Crippen LogP contribution is 2.21. The molecule has 0 aliphatic carbocycles. The highest BCUT2D eigenvalue weighted by Gasteiger charge is 2.22. The average molecular weight is 274 g/mol. The number of nitro groups is 1. The van der Waals surface area contributed by atoms with Gasteiger partial charge < -0.3 is 10.4 Å². The predicted molar refractivity (Wildman–Crippen MR) is 61.6 cm³/mol. The van der Waals surface area contributed by atoms with Crippen LogP contribution in [0.4, 0.5) is 14.5 Å². The van der Waals surface area contributed by atoms with Gasteiger partial charge in [0.15, 0.2) is 0 Å². The summed E-state index contributed by atoms with van der Waals surface area (Å²) in [7, 11) is 0. The van der Waals surface area contributed by atoms with E-state index in [1.54, 1.807) is 6.92 Å². The fraction of sp³-hybridized carbons (Fsp3) is 0.364. The molecule has 0 saturated heterocycles. The number of rotatable bonds is 5. The second-order valence-corrected chi connectivity index (χ2v) is 3.80. The number of amides is 1. The number of carbonyl (C=O) groups is 1. The predicted octanol–water partition coefficient (Wildman–Crippen LogP) is 1.37. The van der Waals surface area contributed by atoms with E-state index in [2.05, 4.69) is 5.32 Å². The van der Waals surface area contributed by atoms with E-state index >= 15 is 0 Å². The van der Waals surface area contributed by atoms with Crippen LogP contribution in [0.2, 0.25) is 0 Å². The van der Waals surface area contributed by atoms with Crippen molar-refractivity contribution in [2.24, 2.45) is 0 Å². The lowest BCUT2D eigenvalue weighted by Crippen LogP contribution is -2.37. The summed E-state index contributed by atoms with van der Waals surface area (Å²) in [6, 6.07) is 0.224. The van der Waals surface area contributed by atoms with Gasteiger partial charge in [0.2, 0.25) is 5.82 Å². The molecule has 1 aromatic rings. The van der Waals surface area contributed by atoms with Crippen LogP contribution in [0.1, 0.15) is 23.7 Å². The lowest BCUT2D eigenvalue weighted by Gasteiger charge is -2.14. The first-order chi connectivity index (χ1) is 8.90. The second kappa shape index (κ2) is 6.19. The van der Waals surface area contributed by atoms with E-state index in [0.717, 1.165) is 0 Å². The lowest BCUT2D eigenvalue weighted by molar-refractivity contribution is -0.387. The first kappa shape index (κ1) is 15.0. The van der Waals surface area contributed by atoms with E-state index in [-0.39, 0.29) is 6.61 Å². The third kappa shape index (κ3) is 3.44. The molecule has 0 aliphatic heterocycles. The Morgan fingerprint density at radius 2 is 2.11 bits per heavy atom. The van der Waals surface area contributed by atoms with Crippen LogP contribution in [0.25, 0.3) is 0 Å². The van der Waals surface area contributed by atoms with Gasteiger partial charge in [-0.15, -0.1) is 0 Å². The van der Waals surface area contributed by atoms with Crippen LogP contribution in [-0.4, -0.2) is 28.6 Å². The Bertz CT molecular complexity index is 504. The van der Waals surface area contributed by atoms with Gasteiger partial charge in [-0.25, -0.2) is 4.39 Å². The van der Waals surface area contributed by atoms with Gasteiger partial charge >= 0.3 is 5.69 Å². The Labute approximate surface area is 107 Å². The van der Waals surface area contributed by atoms with Crippen LogP contribution in [-0.2, 0) is 0 Å². The molecule has 0 unspecified atom stereocenters. The summed E-state index contributed by atoms with van der Waals surface area (Å²) < 4.78 is 26.8. The molecule has 0 aliphatic rings. The van der Waals surface area contributed by atoms with Gasteiger partial charge in [-0.1, -0.05) is 6.92 Å². The second-order valence-electron chi connectivity index (χ2n) is 3.80. The smallest absolute Gasteiger partial charge is 0.307 e. The summed E-state index contributed by atoms with van der Waals surface area (Å²) in [5, 5.41) is 21.6. The highest BCUT2D eigenvalue weighted by atomic mass is 19.1. The zero-order valence-electron chi connectivity index (χ0n) is 10.0. The molecule has 0 fully saturated rings. The first-order valence-electron chi connectivity index (χ1n) is 5.45. The summed E-state index contributed by atoms with van der Waals surface area (Å²) in [6.07, 6.45) is 0.402. The van der Waals surface area contributed by atoms with Crippen LogP contribution >= 0.6 is 0 Å². The number of nitro benzene ring substituents is 1. The topological polar surface area (TPSA) is 92.5 Å². The summed E-state index contributed by atoms with van der Waals surface area (Å²) in [6.45, 7) is 1.34. The number of carbonyl (C=O) groups excluding carboxylic acids is 1. The Hall–Kier alpha value is -2.09. The van der Waals surface area contributed by atoms with E-state index in [4.69, 9.17) is 5.11 Å². The molecule has 1 aromatic carbocycles. The number of nitrogens with zero attached hydrogens (tertiary/aromatic N) is 1. The molecule has 0 heterocycles. The molecule has 19 heavy (non-hydrogen) atoms. The third-order valence-electron chi connectivity index (χ3n) is 2.53. The summed E-state index contributed by atoms with van der Waals surface area (Å²) in [4.78, 5) is 20.9. The highest BCUT2D eigenvalue weighted by molar-refractivity contribution is 5.95. The molecular weight excluding hydrogens is 262 g/mol. The maximum atomic E-state index is 13.5. The summed E-state index contributed by atoms with van der Waals surface area (Å²) >= 11 is 0. The quantitative estimate of drug-likeness (QED) is 0.626. The third-order valence-corrected chi connectivity index (χ3v) is 2.53. The molecule has 0 radical (unpaired) electrons. The van der Waals surface area contributed by atoms with Crippen molar-refractivity contribution in [3.8, 4) is 0 Å². The largest absolute Gasteiger partial charge is 0.394 e. The van der Waals surface area contributed by atoms with Gasteiger partial charge in [-0.2, -0.15) is 4.39 Å². The standard InChI is InChI=1S/C11H12F2N2O4/c1-2-6(5-16)14-11(17)7-3-9(13)10(15(18)19)4-8(7)12/h3-4,6,16H,2,5H2,1H3,(H,14,17)/t6-/m1/s1. The first-order valence-corrected chi connectivity index (χ1v) is 5.45. The van der Waals surface area contributed by atoms with E-state index in [1.165, 1.54) is 0 Å². The maximum absolute atomic E-state index is 13.5. The van der Waals surface area contributed by atoms with E-state index < -0.39 is 39.8 Å². The van der Waals surface area contributed by atoms with Crippen LogP contribution in [0.3, 0.4) is 0 Å². The Balaban J connectivity index is 3.05. The molecule has 2 N–H and O–H groups in total. The van der Waals surface area contributed by atoms with Gasteiger partial charge in [0, 0.05) is 0 Å². The molecular formula is C11H12F2N2O4. The SMILES string of the molecule is CC[C@H](CO)NC(=O)c1cc(F)c([N+](=O)[O-])cc1F. The molecule has 0 spiro atoms. The van der Waals surface area contributed by atoms with Crippen molar-refractivity contribution in [3.05, 3.63) is 39.4 Å². The molecule has 0 bridgehead atoms. The van der Waals surface area contributed by atoms with Crippen molar-refractivity contribution in [3.63, 3.8) is 0 Å². The minimum absolute atomic E-state index is 0.348. The number of hydrogen-bond acceptors (Lipinski definition) is 4. The number of hydrogen-bond donors (Lipinski definition) is 2. The van der Waals surface area contributed by atoms with Crippen LogP contribution in [0.5, 0.6) is 0 Å². The van der Waals surface area contributed by atoms with Gasteiger partial charge in [-0.05, 0) is 12.5 Å². The summed E-state index contributed by atoms with van der Waals surface area (Å²) in [5.41, 5.74) is -1.68. The maximum Gasteiger partial charge on any atom is 0.307 e. The van der Waals surface area contributed by atoms with Gasteiger partial charge in [-0.3, -0.25) is 14.9 Å². The zero-order valence-corrected chi connectivity index (χ0v) is 10.0. The zero-order chi connectivity index (χ0) is 14.6. The minimum Gasteiger partial charge on any atom is -0.394 e. The minimum atomic E-state index is -1.30. The van der Waals surface area contributed by atoms with Crippen molar-refractivity contribution in [1.82, 2.24) is 5.32 Å². The van der Waals surface area contributed by atoms with Crippen molar-refractivity contribution in [2.45, 2.75) is 19.4 Å². The van der Waals surface area contributed by atoms with Gasteiger partial charge in [0.25, 0.3) is 5.91 Å². The van der Waals surface area contributed by atoms with Crippen LogP contribution in [0.15, 0.2) is 12.1 Å². The molecule has 1 rings (SSSR count). The van der Waals surface area contributed by atoms with Crippen molar-refractivity contribution in [1.29, 1.82) is 0 Å². The van der Waals surface area contributed by atoms with E-state index in [9.17, 15) is 23.7 Å². The lowest BCUT2D eigenvalue weighted by atomic mass is 10.1. The molecule has 0 saturated carbocycles. The number of aliphatic hydroxyl groups excluding tert-OH is 1. The monoisotopic (exact) mass is 274 g/mol. The van der Waals surface area contributed by atoms with Gasteiger partial charge in [0.05, 0.1) is 29.2 Å².